The number of carboxylic acid groups (broad SMARTS) is 1. The van der Waals surface area contributed by atoms with Crippen LogP contribution in [-0.2, 0) is 4.79 Å². The second kappa shape index (κ2) is 7.98. The van der Waals surface area contributed by atoms with Crippen LogP contribution in [0.4, 0.5) is 0 Å². The van der Waals surface area contributed by atoms with Crippen molar-refractivity contribution in [3.8, 4) is 0 Å². The molecular formula is C21H29NO2. The summed E-state index contributed by atoms with van der Waals surface area (Å²) in [6.07, 6.45) is 9.48. The summed E-state index contributed by atoms with van der Waals surface area (Å²) < 4.78 is 0. The zero-order valence-electron chi connectivity index (χ0n) is 14.7. The van der Waals surface area contributed by atoms with Gasteiger partial charge in [0.05, 0.1) is 0 Å². The van der Waals surface area contributed by atoms with E-state index in [-0.39, 0.29) is 0 Å². The average molecular weight is 327 g/mol. The standard InChI is InChI=1S/C21H29NO2/c1-16-5-9-18(10-6-16)21(22-13-3-2-4-14-22)19-11-7-17(8-12-19)15-20(23)24/h5-6,9-10,15,19,21H,2-4,7-8,11-14H2,1H3,(H,23,24). The molecule has 1 heterocycles. The number of carbonyl (C=O) groups is 1. The number of hydrogen-bond donors (Lipinski definition) is 1. The lowest BCUT2D eigenvalue weighted by atomic mass is 9.78. The summed E-state index contributed by atoms with van der Waals surface area (Å²) >= 11 is 0. The van der Waals surface area contributed by atoms with Crippen molar-refractivity contribution in [1.29, 1.82) is 0 Å². The summed E-state index contributed by atoms with van der Waals surface area (Å²) in [5.74, 6) is -0.161. The molecule has 0 amide bonds. The van der Waals surface area contributed by atoms with E-state index in [0.717, 1.165) is 31.3 Å². The minimum absolute atomic E-state index is 0.497. The van der Waals surface area contributed by atoms with Gasteiger partial charge in [-0.15, -0.1) is 0 Å². The molecule has 1 N–H and O–H groups in total. The van der Waals surface area contributed by atoms with E-state index in [0.29, 0.717) is 12.0 Å². The fourth-order valence-corrected chi connectivity index (χ4v) is 4.39. The highest BCUT2D eigenvalue weighted by atomic mass is 16.4. The SMILES string of the molecule is Cc1ccc(C(C2CCC(=CC(=O)O)CC2)N2CCCCC2)cc1. The minimum Gasteiger partial charge on any atom is -0.478 e. The number of carboxylic acids is 1. The van der Waals surface area contributed by atoms with Crippen LogP contribution in [0, 0.1) is 12.8 Å². The predicted molar refractivity (Wildman–Crippen MR) is 97.0 cm³/mol. The Hall–Kier alpha value is -1.61. The third-order valence-corrected chi connectivity index (χ3v) is 5.65. The molecule has 3 rings (SSSR count). The van der Waals surface area contributed by atoms with Crippen molar-refractivity contribution in [3.05, 3.63) is 47.0 Å². The normalized spacial score (nSPS) is 23.7. The Labute approximate surface area is 145 Å². The van der Waals surface area contributed by atoms with Crippen LogP contribution >= 0.6 is 0 Å². The number of aryl methyl sites for hydroxylation is 1. The van der Waals surface area contributed by atoms with Gasteiger partial charge >= 0.3 is 5.97 Å². The fraction of sp³-hybridized carbons (Fsp3) is 0.571. The second-order valence-corrected chi connectivity index (χ2v) is 7.43. The monoisotopic (exact) mass is 327 g/mol. The van der Waals surface area contributed by atoms with Crippen LogP contribution in [0.1, 0.15) is 62.1 Å². The summed E-state index contributed by atoms with van der Waals surface area (Å²) in [6.45, 7) is 4.54. The van der Waals surface area contributed by atoms with E-state index in [1.165, 1.54) is 49.6 Å². The smallest absolute Gasteiger partial charge is 0.328 e. The van der Waals surface area contributed by atoms with Gasteiger partial charge in [-0.2, -0.15) is 0 Å². The van der Waals surface area contributed by atoms with Crippen molar-refractivity contribution in [3.63, 3.8) is 0 Å². The summed E-state index contributed by atoms with van der Waals surface area (Å²) in [7, 11) is 0. The van der Waals surface area contributed by atoms with Gasteiger partial charge in [-0.3, -0.25) is 4.90 Å². The Morgan fingerprint density at radius 1 is 1.12 bits per heavy atom. The van der Waals surface area contributed by atoms with E-state index in [1.54, 1.807) is 0 Å². The van der Waals surface area contributed by atoms with Crippen molar-refractivity contribution in [2.45, 2.75) is 57.9 Å². The molecule has 1 unspecified atom stereocenters. The van der Waals surface area contributed by atoms with E-state index < -0.39 is 5.97 Å². The molecule has 1 saturated heterocycles. The lowest BCUT2D eigenvalue weighted by Gasteiger charge is -2.41. The molecule has 2 fully saturated rings. The maximum absolute atomic E-state index is 10.9. The third kappa shape index (κ3) is 4.27. The highest BCUT2D eigenvalue weighted by Gasteiger charge is 2.31. The summed E-state index contributed by atoms with van der Waals surface area (Å²) in [5, 5.41) is 8.96. The van der Waals surface area contributed by atoms with Crippen molar-refractivity contribution >= 4 is 5.97 Å². The van der Waals surface area contributed by atoms with Gasteiger partial charge in [0.25, 0.3) is 0 Å². The van der Waals surface area contributed by atoms with Crippen molar-refractivity contribution in [1.82, 2.24) is 4.90 Å². The van der Waals surface area contributed by atoms with Gasteiger partial charge in [-0.05, 0) is 70.0 Å². The molecule has 1 aliphatic carbocycles. The quantitative estimate of drug-likeness (QED) is 0.813. The largest absolute Gasteiger partial charge is 0.478 e. The topological polar surface area (TPSA) is 40.5 Å². The van der Waals surface area contributed by atoms with Crippen LogP contribution in [0.25, 0.3) is 0 Å². The zero-order chi connectivity index (χ0) is 16.9. The van der Waals surface area contributed by atoms with Gasteiger partial charge in [0.15, 0.2) is 0 Å². The van der Waals surface area contributed by atoms with E-state index in [9.17, 15) is 4.79 Å². The van der Waals surface area contributed by atoms with Gasteiger partial charge in [0, 0.05) is 12.1 Å². The highest BCUT2D eigenvalue weighted by Crippen LogP contribution is 2.41. The molecule has 0 bridgehead atoms. The van der Waals surface area contributed by atoms with Gasteiger partial charge in [-0.25, -0.2) is 4.79 Å². The van der Waals surface area contributed by atoms with Gasteiger partial charge < -0.3 is 5.11 Å². The molecule has 1 aromatic rings. The van der Waals surface area contributed by atoms with Crippen molar-refractivity contribution in [2.24, 2.45) is 5.92 Å². The number of nitrogens with zero attached hydrogens (tertiary/aromatic N) is 1. The van der Waals surface area contributed by atoms with Gasteiger partial charge in [0.1, 0.15) is 0 Å². The number of hydrogen-bond acceptors (Lipinski definition) is 2. The first-order valence-electron chi connectivity index (χ1n) is 9.36. The molecule has 130 valence electrons. The van der Waals surface area contributed by atoms with Crippen LogP contribution in [0.15, 0.2) is 35.9 Å². The average Bonchev–Trinajstić information content (AvgIpc) is 2.59. The summed E-state index contributed by atoms with van der Waals surface area (Å²) in [6, 6.07) is 9.56. The Morgan fingerprint density at radius 2 is 1.75 bits per heavy atom. The summed E-state index contributed by atoms with van der Waals surface area (Å²) in [5.41, 5.74) is 3.87. The highest BCUT2D eigenvalue weighted by molar-refractivity contribution is 5.80. The Kier molecular flexibility index (Phi) is 5.72. The first kappa shape index (κ1) is 17.2. The van der Waals surface area contributed by atoms with E-state index in [1.807, 2.05) is 0 Å². The van der Waals surface area contributed by atoms with E-state index >= 15 is 0 Å². The predicted octanol–water partition coefficient (Wildman–Crippen LogP) is 4.72. The van der Waals surface area contributed by atoms with Gasteiger partial charge in [-0.1, -0.05) is 41.8 Å². The van der Waals surface area contributed by atoms with Gasteiger partial charge in [0.2, 0.25) is 0 Å². The molecule has 0 radical (unpaired) electrons. The van der Waals surface area contributed by atoms with Crippen LogP contribution in [0.3, 0.4) is 0 Å². The van der Waals surface area contributed by atoms with Crippen molar-refractivity contribution < 1.29 is 9.90 Å². The van der Waals surface area contributed by atoms with Crippen LogP contribution in [-0.4, -0.2) is 29.1 Å². The number of aliphatic carboxylic acids is 1. The molecule has 3 nitrogen and oxygen atoms in total. The summed E-state index contributed by atoms with van der Waals surface area (Å²) in [4.78, 5) is 13.6. The van der Waals surface area contributed by atoms with E-state index in [4.69, 9.17) is 5.11 Å². The molecule has 0 spiro atoms. The number of rotatable bonds is 4. The first-order chi connectivity index (χ1) is 11.6. The molecule has 1 atom stereocenters. The number of benzene rings is 1. The maximum Gasteiger partial charge on any atom is 0.328 e. The maximum atomic E-state index is 10.9. The fourth-order valence-electron chi connectivity index (χ4n) is 4.39. The lowest BCUT2D eigenvalue weighted by Crippen LogP contribution is -2.38. The third-order valence-electron chi connectivity index (χ3n) is 5.65. The Morgan fingerprint density at radius 3 is 2.33 bits per heavy atom. The molecule has 2 aliphatic rings. The lowest BCUT2D eigenvalue weighted by molar-refractivity contribution is -0.131. The number of piperidine rings is 1. The first-order valence-corrected chi connectivity index (χ1v) is 9.36. The molecule has 3 heteroatoms. The van der Waals surface area contributed by atoms with Crippen molar-refractivity contribution in [2.75, 3.05) is 13.1 Å². The second-order valence-electron chi connectivity index (χ2n) is 7.43. The molecular weight excluding hydrogens is 298 g/mol. The van der Waals surface area contributed by atoms with Crippen LogP contribution in [0.2, 0.25) is 0 Å². The van der Waals surface area contributed by atoms with Crippen LogP contribution < -0.4 is 0 Å². The molecule has 24 heavy (non-hydrogen) atoms. The van der Waals surface area contributed by atoms with E-state index in [2.05, 4.69) is 36.1 Å². The number of allylic oxidation sites excluding steroid dienone is 1. The molecule has 1 saturated carbocycles. The zero-order valence-corrected chi connectivity index (χ0v) is 14.7. The Bertz CT molecular complexity index is 574. The molecule has 0 aromatic heterocycles. The van der Waals surface area contributed by atoms with Crippen LogP contribution in [0.5, 0.6) is 0 Å². The number of likely N-dealkylation sites (tertiary alicyclic amines) is 1. The minimum atomic E-state index is -0.797. The molecule has 1 aromatic carbocycles. The Balaban J connectivity index is 1.77. The molecule has 1 aliphatic heterocycles.